The molecule has 4 heteroatoms. The molecule has 4 nitrogen and oxygen atoms in total. The van der Waals surface area contributed by atoms with Gasteiger partial charge in [-0.3, -0.25) is 9.59 Å². The van der Waals surface area contributed by atoms with E-state index in [1.54, 1.807) is 0 Å². The van der Waals surface area contributed by atoms with Crippen LogP contribution in [0.15, 0.2) is 36.4 Å². The van der Waals surface area contributed by atoms with Crippen molar-refractivity contribution in [1.29, 1.82) is 0 Å². The first-order valence-corrected chi connectivity index (χ1v) is 11.3. The summed E-state index contributed by atoms with van der Waals surface area (Å²) in [5, 5.41) is 2.96. The first-order valence-electron chi connectivity index (χ1n) is 11.3. The molecular formula is C27H37NO3. The third-order valence-corrected chi connectivity index (χ3v) is 5.84. The molecule has 0 aliphatic heterocycles. The molecule has 1 N–H and O–H groups in total. The molecule has 0 saturated carbocycles. The lowest BCUT2D eigenvalue weighted by molar-refractivity contribution is -0.120. The van der Waals surface area contributed by atoms with Crippen molar-refractivity contribution in [2.45, 2.75) is 73.1 Å². The summed E-state index contributed by atoms with van der Waals surface area (Å²) < 4.78 is 5.18. The lowest BCUT2D eigenvalue weighted by Gasteiger charge is -2.25. The van der Waals surface area contributed by atoms with Crippen LogP contribution in [0.3, 0.4) is 0 Å². The number of rotatable bonds is 9. The SMILES string of the molecule is CC(C)c1cc(OC=O)c(C(=O)Nc2ccc(C(C(C)C)C(C)C)cc2)cc1C(C)C. The maximum atomic E-state index is 13.1. The minimum atomic E-state index is -0.286. The lowest BCUT2D eigenvalue weighted by atomic mass is 9.80. The fourth-order valence-electron chi connectivity index (χ4n) is 4.47. The first-order chi connectivity index (χ1) is 14.6. The normalized spacial score (nSPS) is 11.6. The van der Waals surface area contributed by atoms with E-state index in [0.717, 1.165) is 16.8 Å². The number of carbonyl (C=O) groups excluding carboxylic acids is 2. The van der Waals surface area contributed by atoms with Crippen molar-refractivity contribution in [3.8, 4) is 5.75 Å². The van der Waals surface area contributed by atoms with E-state index in [4.69, 9.17) is 4.74 Å². The van der Waals surface area contributed by atoms with Crippen LogP contribution in [0.2, 0.25) is 0 Å². The van der Waals surface area contributed by atoms with Crippen LogP contribution in [-0.2, 0) is 4.79 Å². The van der Waals surface area contributed by atoms with Crippen LogP contribution in [0.5, 0.6) is 5.75 Å². The van der Waals surface area contributed by atoms with Gasteiger partial charge in [-0.05, 0) is 70.5 Å². The Morgan fingerprint density at radius 3 is 1.81 bits per heavy atom. The van der Waals surface area contributed by atoms with E-state index in [0.29, 0.717) is 29.8 Å². The van der Waals surface area contributed by atoms with Gasteiger partial charge in [0.15, 0.2) is 0 Å². The van der Waals surface area contributed by atoms with Crippen molar-refractivity contribution in [2.75, 3.05) is 5.32 Å². The first kappa shape index (κ1) is 24.6. The number of hydrogen-bond acceptors (Lipinski definition) is 3. The van der Waals surface area contributed by atoms with Gasteiger partial charge in [0.2, 0.25) is 0 Å². The predicted molar refractivity (Wildman–Crippen MR) is 128 cm³/mol. The van der Waals surface area contributed by atoms with Crippen LogP contribution in [0.25, 0.3) is 0 Å². The topological polar surface area (TPSA) is 55.4 Å². The van der Waals surface area contributed by atoms with Crippen LogP contribution in [0.1, 0.15) is 100 Å². The van der Waals surface area contributed by atoms with Crippen molar-refractivity contribution in [3.63, 3.8) is 0 Å². The van der Waals surface area contributed by atoms with Gasteiger partial charge >= 0.3 is 0 Å². The summed E-state index contributed by atoms with van der Waals surface area (Å²) in [5.41, 5.74) is 4.53. The quantitative estimate of drug-likeness (QED) is 0.437. The fraction of sp³-hybridized carbons (Fsp3) is 0.481. The van der Waals surface area contributed by atoms with Gasteiger partial charge in [-0.2, -0.15) is 0 Å². The Labute approximate surface area is 187 Å². The molecule has 0 aliphatic rings. The maximum absolute atomic E-state index is 13.1. The zero-order chi connectivity index (χ0) is 23.3. The molecule has 31 heavy (non-hydrogen) atoms. The summed E-state index contributed by atoms with van der Waals surface area (Å²) in [6.45, 7) is 17.7. The van der Waals surface area contributed by atoms with Crippen LogP contribution in [-0.4, -0.2) is 12.4 Å². The number of nitrogens with one attached hydrogen (secondary N) is 1. The summed E-state index contributed by atoms with van der Waals surface area (Å²) in [6, 6.07) is 11.7. The average molecular weight is 424 g/mol. The second-order valence-corrected chi connectivity index (χ2v) is 9.59. The number of carbonyl (C=O) groups is 2. The highest BCUT2D eigenvalue weighted by atomic mass is 16.5. The fourth-order valence-corrected chi connectivity index (χ4v) is 4.47. The predicted octanol–water partition coefficient (Wildman–Crippen LogP) is 7.12. The molecule has 0 heterocycles. The summed E-state index contributed by atoms with van der Waals surface area (Å²) in [7, 11) is 0. The standard InChI is InChI=1S/C27H37NO3/c1-16(2)22-13-24(25(31-15-29)14-23(22)17(3)4)27(30)28-21-11-9-20(10-12-21)26(18(5)6)19(7)8/h9-19,26H,1-8H3,(H,28,30). The Bertz CT molecular complexity index is 887. The minimum Gasteiger partial charge on any atom is -0.428 e. The lowest BCUT2D eigenvalue weighted by Crippen LogP contribution is -2.16. The Morgan fingerprint density at radius 2 is 1.35 bits per heavy atom. The van der Waals surface area contributed by atoms with Crippen molar-refractivity contribution in [1.82, 2.24) is 0 Å². The molecule has 0 atom stereocenters. The molecule has 0 saturated heterocycles. The molecular weight excluding hydrogens is 386 g/mol. The largest absolute Gasteiger partial charge is 0.428 e. The monoisotopic (exact) mass is 423 g/mol. The van der Waals surface area contributed by atoms with Crippen molar-refractivity contribution < 1.29 is 14.3 Å². The van der Waals surface area contributed by atoms with Gasteiger partial charge in [-0.1, -0.05) is 67.5 Å². The highest BCUT2D eigenvalue weighted by molar-refractivity contribution is 6.06. The van der Waals surface area contributed by atoms with E-state index in [1.165, 1.54) is 5.56 Å². The molecule has 1 amide bonds. The van der Waals surface area contributed by atoms with Gasteiger partial charge < -0.3 is 10.1 Å². The van der Waals surface area contributed by atoms with Gasteiger partial charge in [0.1, 0.15) is 5.75 Å². The number of anilines is 1. The molecule has 0 bridgehead atoms. The molecule has 168 valence electrons. The highest BCUT2D eigenvalue weighted by Crippen LogP contribution is 2.34. The van der Waals surface area contributed by atoms with E-state index >= 15 is 0 Å². The Balaban J connectivity index is 2.36. The van der Waals surface area contributed by atoms with E-state index in [1.807, 2.05) is 24.3 Å². The smallest absolute Gasteiger partial charge is 0.298 e. The molecule has 0 aliphatic carbocycles. The second-order valence-electron chi connectivity index (χ2n) is 9.59. The zero-order valence-electron chi connectivity index (χ0n) is 20.2. The molecule has 0 fully saturated rings. The van der Waals surface area contributed by atoms with Gasteiger partial charge in [0, 0.05) is 5.69 Å². The Hall–Kier alpha value is -2.62. The third kappa shape index (κ3) is 5.96. The van der Waals surface area contributed by atoms with Gasteiger partial charge in [0.05, 0.1) is 5.56 Å². The van der Waals surface area contributed by atoms with E-state index in [-0.39, 0.29) is 23.5 Å². The van der Waals surface area contributed by atoms with Crippen molar-refractivity contribution >= 4 is 18.1 Å². The molecule has 0 unspecified atom stereocenters. The van der Waals surface area contributed by atoms with Crippen LogP contribution in [0.4, 0.5) is 5.69 Å². The van der Waals surface area contributed by atoms with Gasteiger partial charge in [-0.25, -0.2) is 0 Å². The number of ether oxygens (including phenoxy) is 1. The van der Waals surface area contributed by atoms with Crippen LogP contribution in [0, 0.1) is 11.8 Å². The maximum Gasteiger partial charge on any atom is 0.298 e. The Kier molecular flexibility index (Phi) is 8.43. The van der Waals surface area contributed by atoms with Crippen LogP contribution >= 0.6 is 0 Å². The molecule has 0 radical (unpaired) electrons. The number of amides is 1. The molecule has 0 aromatic heterocycles. The van der Waals surface area contributed by atoms with E-state index in [2.05, 4.69) is 72.8 Å². The average Bonchev–Trinajstić information content (AvgIpc) is 2.68. The summed E-state index contributed by atoms with van der Waals surface area (Å²) in [4.78, 5) is 24.2. The van der Waals surface area contributed by atoms with Gasteiger partial charge in [0.25, 0.3) is 12.4 Å². The van der Waals surface area contributed by atoms with Crippen LogP contribution < -0.4 is 10.1 Å². The molecule has 2 aromatic carbocycles. The van der Waals surface area contributed by atoms with E-state index < -0.39 is 0 Å². The molecule has 0 spiro atoms. The number of benzene rings is 2. The summed E-state index contributed by atoms with van der Waals surface area (Å²) in [5.74, 6) is 2.05. The van der Waals surface area contributed by atoms with E-state index in [9.17, 15) is 9.59 Å². The minimum absolute atomic E-state index is 0.248. The summed E-state index contributed by atoms with van der Waals surface area (Å²) in [6.07, 6.45) is 0. The highest BCUT2D eigenvalue weighted by Gasteiger charge is 2.22. The third-order valence-electron chi connectivity index (χ3n) is 5.84. The second kappa shape index (κ2) is 10.6. The molecule has 2 rings (SSSR count). The Morgan fingerprint density at radius 1 is 0.839 bits per heavy atom. The van der Waals surface area contributed by atoms with Crippen molar-refractivity contribution in [3.05, 3.63) is 58.7 Å². The number of hydrogen-bond donors (Lipinski definition) is 1. The van der Waals surface area contributed by atoms with Crippen molar-refractivity contribution in [2.24, 2.45) is 11.8 Å². The molecule has 2 aromatic rings. The summed E-state index contributed by atoms with van der Waals surface area (Å²) >= 11 is 0. The van der Waals surface area contributed by atoms with Gasteiger partial charge in [-0.15, -0.1) is 0 Å². The zero-order valence-corrected chi connectivity index (χ0v) is 20.2.